The van der Waals surface area contributed by atoms with Crippen molar-refractivity contribution in [2.45, 2.75) is 39.0 Å². The maximum Gasteiger partial charge on any atom is -0.00146 e. The number of allylic oxidation sites excluding steroid dienone is 4. The van der Waals surface area contributed by atoms with E-state index in [0.717, 1.165) is 17.8 Å². The molecule has 3 aliphatic rings. The lowest BCUT2D eigenvalue weighted by molar-refractivity contribution is 0.619. The molecule has 3 rings (SSSR count). The Morgan fingerprint density at radius 1 is 1.23 bits per heavy atom. The van der Waals surface area contributed by atoms with Crippen LogP contribution in [0.1, 0.15) is 39.0 Å². The molecule has 0 aromatic carbocycles. The summed E-state index contributed by atoms with van der Waals surface area (Å²) in [5, 5.41) is 0. The molecule has 0 amide bonds. The Hall–Kier alpha value is -0.520. The van der Waals surface area contributed by atoms with Crippen LogP contribution < -0.4 is 0 Å². The largest absolute Gasteiger partial charge is 0.0845 e. The Kier molecular flexibility index (Phi) is 1.65. The number of hydrogen-bond acceptors (Lipinski definition) is 0. The zero-order chi connectivity index (χ0) is 8.84. The molecular formula is C13H18. The fourth-order valence-electron chi connectivity index (χ4n) is 3.36. The van der Waals surface area contributed by atoms with E-state index < -0.39 is 0 Å². The second-order valence-electron chi connectivity index (χ2n) is 5.17. The van der Waals surface area contributed by atoms with Crippen LogP contribution >= 0.6 is 0 Å². The smallest absolute Gasteiger partial charge is 0.00146 e. The average Bonchev–Trinajstić information content (AvgIpc) is 2.77. The highest BCUT2D eigenvalue weighted by atomic mass is 14.4. The lowest BCUT2D eigenvalue weighted by atomic mass is 9.94. The Labute approximate surface area is 80.7 Å². The monoisotopic (exact) mass is 174 g/mol. The zero-order valence-corrected chi connectivity index (χ0v) is 8.42. The molecule has 0 spiro atoms. The van der Waals surface area contributed by atoms with E-state index in [4.69, 9.17) is 0 Å². The normalized spacial score (nSPS) is 47.9. The van der Waals surface area contributed by atoms with Gasteiger partial charge in [-0.25, -0.2) is 0 Å². The first-order valence-corrected chi connectivity index (χ1v) is 5.72. The quantitative estimate of drug-likeness (QED) is 0.491. The molecule has 0 nitrogen and oxygen atoms in total. The average molecular weight is 174 g/mol. The second kappa shape index (κ2) is 2.73. The van der Waals surface area contributed by atoms with Crippen LogP contribution in [-0.4, -0.2) is 0 Å². The van der Waals surface area contributed by atoms with Crippen LogP contribution in [0, 0.1) is 17.8 Å². The van der Waals surface area contributed by atoms with Gasteiger partial charge in [0.2, 0.25) is 0 Å². The van der Waals surface area contributed by atoms with Gasteiger partial charge in [0.15, 0.2) is 0 Å². The molecule has 0 aliphatic heterocycles. The van der Waals surface area contributed by atoms with Crippen LogP contribution in [0.25, 0.3) is 0 Å². The van der Waals surface area contributed by atoms with E-state index in [1.54, 1.807) is 0 Å². The van der Waals surface area contributed by atoms with Crippen molar-refractivity contribution < 1.29 is 0 Å². The molecule has 0 heteroatoms. The van der Waals surface area contributed by atoms with Gasteiger partial charge in [0.1, 0.15) is 0 Å². The molecule has 2 fully saturated rings. The highest BCUT2D eigenvalue weighted by Crippen LogP contribution is 2.47. The van der Waals surface area contributed by atoms with Crippen LogP contribution in [0.4, 0.5) is 0 Å². The third kappa shape index (κ3) is 1.19. The van der Waals surface area contributed by atoms with Crippen molar-refractivity contribution in [2.75, 3.05) is 0 Å². The highest BCUT2D eigenvalue weighted by molar-refractivity contribution is 5.32. The van der Waals surface area contributed by atoms with Crippen molar-refractivity contribution in [2.24, 2.45) is 17.8 Å². The van der Waals surface area contributed by atoms with E-state index in [-0.39, 0.29) is 0 Å². The minimum atomic E-state index is 0.866. The third-order valence-electron chi connectivity index (χ3n) is 4.09. The van der Waals surface area contributed by atoms with E-state index in [1.165, 1.54) is 32.1 Å². The molecular weight excluding hydrogens is 156 g/mol. The van der Waals surface area contributed by atoms with Gasteiger partial charge in [-0.2, -0.15) is 0 Å². The summed E-state index contributed by atoms with van der Waals surface area (Å²) in [5.74, 6) is 2.75. The molecule has 3 aliphatic carbocycles. The third-order valence-corrected chi connectivity index (χ3v) is 4.09. The molecule has 0 radical (unpaired) electrons. The molecule has 2 bridgehead atoms. The minimum absolute atomic E-state index is 0.866. The maximum absolute atomic E-state index is 2.46. The van der Waals surface area contributed by atoms with Gasteiger partial charge in [0.25, 0.3) is 0 Å². The van der Waals surface area contributed by atoms with E-state index in [0.29, 0.717) is 0 Å². The molecule has 0 aromatic rings. The molecule has 0 saturated heterocycles. The summed E-state index contributed by atoms with van der Waals surface area (Å²) in [5.41, 5.74) is 3.68. The molecule has 3 unspecified atom stereocenters. The van der Waals surface area contributed by atoms with Gasteiger partial charge >= 0.3 is 0 Å². The Balaban J connectivity index is 1.89. The Bertz CT molecular complexity index is 282. The molecule has 0 aromatic heterocycles. The summed E-state index contributed by atoms with van der Waals surface area (Å²) in [4.78, 5) is 0. The van der Waals surface area contributed by atoms with Crippen molar-refractivity contribution in [3.63, 3.8) is 0 Å². The predicted molar refractivity (Wildman–Crippen MR) is 55.4 cm³/mol. The van der Waals surface area contributed by atoms with Crippen LogP contribution in [0.5, 0.6) is 0 Å². The fraction of sp³-hybridized carbons (Fsp3) is 0.692. The van der Waals surface area contributed by atoms with Crippen LogP contribution in [0.2, 0.25) is 0 Å². The number of hydrogen-bond donors (Lipinski definition) is 0. The molecule has 70 valence electrons. The van der Waals surface area contributed by atoms with Crippen molar-refractivity contribution in [1.29, 1.82) is 0 Å². The molecule has 0 heterocycles. The number of fused-ring (bicyclic) bond motifs is 2. The maximum atomic E-state index is 2.46. The standard InChI is InChI=1S/C13H18/c1-9-2-4-11(6-9)13-8-10-3-5-12(13)7-10/h3,5,9-10,12H,2,4,6-8H2,1H3. The van der Waals surface area contributed by atoms with Crippen LogP contribution in [0.3, 0.4) is 0 Å². The van der Waals surface area contributed by atoms with Crippen molar-refractivity contribution >= 4 is 0 Å². The first kappa shape index (κ1) is 7.84. The van der Waals surface area contributed by atoms with Crippen molar-refractivity contribution in [1.82, 2.24) is 0 Å². The lowest BCUT2D eigenvalue weighted by Crippen LogP contribution is -1.96. The van der Waals surface area contributed by atoms with Crippen LogP contribution in [0.15, 0.2) is 23.3 Å². The van der Waals surface area contributed by atoms with E-state index >= 15 is 0 Å². The SMILES string of the molecule is CC1CCC(=C2CC3C=CC2C3)C1. The molecule has 3 atom stereocenters. The van der Waals surface area contributed by atoms with Crippen molar-refractivity contribution in [3.05, 3.63) is 23.3 Å². The molecule has 13 heavy (non-hydrogen) atoms. The molecule has 2 saturated carbocycles. The summed E-state index contributed by atoms with van der Waals surface area (Å²) in [6.07, 6.45) is 12.0. The van der Waals surface area contributed by atoms with Gasteiger partial charge in [-0.3, -0.25) is 0 Å². The highest BCUT2D eigenvalue weighted by Gasteiger charge is 2.33. The summed E-state index contributed by atoms with van der Waals surface area (Å²) in [6.45, 7) is 2.40. The van der Waals surface area contributed by atoms with Crippen LogP contribution in [-0.2, 0) is 0 Å². The van der Waals surface area contributed by atoms with E-state index in [2.05, 4.69) is 19.1 Å². The van der Waals surface area contributed by atoms with Gasteiger partial charge in [-0.1, -0.05) is 30.2 Å². The van der Waals surface area contributed by atoms with Gasteiger partial charge in [0.05, 0.1) is 0 Å². The topological polar surface area (TPSA) is 0 Å². The van der Waals surface area contributed by atoms with Crippen molar-refractivity contribution in [3.8, 4) is 0 Å². The van der Waals surface area contributed by atoms with E-state index in [9.17, 15) is 0 Å². The first-order chi connectivity index (χ1) is 6.33. The zero-order valence-electron chi connectivity index (χ0n) is 8.42. The molecule has 0 N–H and O–H groups in total. The number of rotatable bonds is 0. The minimum Gasteiger partial charge on any atom is -0.0845 e. The first-order valence-electron chi connectivity index (χ1n) is 5.72. The Morgan fingerprint density at radius 2 is 2.15 bits per heavy atom. The summed E-state index contributed by atoms with van der Waals surface area (Å²) in [7, 11) is 0. The second-order valence-corrected chi connectivity index (χ2v) is 5.17. The van der Waals surface area contributed by atoms with Gasteiger partial charge in [0, 0.05) is 0 Å². The summed E-state index contributed by atoms with van der Waals surface area (Å²) >= 11 is 0. The lowest BCUT2D eigenvalue weighted by Gasteiger charge is -2.12. The van der Waals surface area contributed by atoms with Gasteiger partial charge in [-0.15, -0.1) is 0 Å². The fourth-order valence-corrected chi connectivity index (χ4v) is 3.36. The summed E-state index contributed by atoms with van der Waals surface area (Å²) < 4.78 is 0. The Morgan fingerprint density at radius 3 is 2.69 bits per heavy atom. The summed E-state index contributed by atoms with van der Waals surface area (Å²) in [6, 6.07) is 0. The van der Waals surface area contributed by atoms with E-state index in [1.807, 2.05) is 11.1 Å². The van der Waals surface area contributed by atoms with Gasteiger partial charge in [-0.05, 0) is 49.9 Å². The van der Waals surface area contributed by atoms with Gasteiger partial charge < -0.3 is 0 Å². The predicted octanol–water partition coefficient (Wildman–Crippen LogP) is 3.70.